The summed E-state index contributed by atoms with van der Waals surface area (Å²) in [6.07, 6.45) is 4.67. The van der Waals surface area contributed by atoms with Crippen LogP contribution in [0, 0.1) is 12.3 Å². The van der Waals surface area contributed by atoms with Crippen LogP contribution in [-0.2, 0) is 11.3 Å². The van der Waals surface area contributed by atoms with Crippen LogP contribution in [0.4, 0.5) is 4.79 Å². The summed E-state index contributed by atoms with van der Waals surface area (Å²) in [5, 5.41) is 1.22. The fraction of sp³-hybridized carbons (Fsp3) is 0.769. The van der Waals surface area contributed by atoms with Gasteiger partial charge in [-0.3, -0.25) is 4.90 Å². The third kappa shape index (κ3) is 5.70. The normalized spacial score (nSPS) is 21.7. The van der Waals surface area contributed by atoms with Crippen LogP contribution in [-0.4, -0.2) is 61.6 Å². The third-order valence-electron chi connectivity index (χ3n) is 7.21. The van der Waals surface area contributed by atoms with E-state index in [0.29, 0.717) is 31.0 Å². The lowest BCUT2D eigenvalue weighted by atomic mass is 9.73. The number of aromatic nitrogens is 3. The van der Waals surface area contributed by atoms with Gasteiger partial charge in [-0.15, -0.1) is 0 Å². The highest BCUT2D eigenvalue weighted by molar-refractivity contribution is 7.18. The molecule has 0 spiro atoms. The first-order valence-electron chi connectivity index (χ1n) is 12.6. The van der Waals surface area contributed by atoms with Crippen LogP contribution in [0.5, 0.6) is 0 Å². The van der Waals surface area contributed by atoms with Gasteiger partial charge in [-0.05, 0) is 72.6 Å². The summed E-state index contributed by atoms with van der Waals surface area (Å²) in [5.41, 5.74) is 1.72. The molecule has 1 amide bonds. The van der Waals surface area contributed by atoms with E-state index in [1.807, 2.05) is 32.6 Å². The fourth-order valence-corrected chi connectivity index (χ4v) is 6.26. The van der Waals surface area contributed by atoms with Gasteiger partial charge < -0.3 is 9.64 Å². The Kier molecular flexibility index (Phi) is 6.70. The Balaban J connectivity index is 1.52. The number of fused-ring (bicyclic) bond motifs is 1. The average Bonchev–Trinajstić information content (AvgIpc) is 3.11. The molecule has 1 saturated heterocycles. The smallest absolute Gasteiger partial charge is 0.410 e. The van der Waals surface area contributed by atoms with E-state index in [2.05, 4.69) is 32.6 Å². The summed E-state index contributed by atoms with van der Waals surface area (Å²) >= 11 is 1.75. The molecule has 2 aliphatic rings. The monoisotopic (exact) mass is 487 g/mol. The van der Waals surface area contributed by atoms with Gasteiger partial charge in [-0.1, -0.05) is 25.2 Å². The Bertz CT molecular complexity index is 1050. The van der Waals surface area contributed by atoms with Crippen LogP contribution in [0.2, 0.25) is 0 Å². The number of piperazine rings is 1. The molecule has 0 unspecified atom stereocenters. The van der Waals surface area contributed by atoms with Crippen molar-refractivity contribution in [3.05, 3.63) is 16.5 Å². The molecular weight excluding hydrogens is 446 g/mol. The Morgan fingerprint density at radius 2 is 1.76 bits per heavy atom. The average molecular weight is 488 g/mol. The van der Waals surface area contributed by atoms with E-state index >= 15 is 0 Å². The minimum absolute atomic E-state index is 0.200. The SMILES string of the molecule is Cc1nc(CN2CCN(C(=O)OC(C)(C)C)CC2(C)C)c2nc(C3CCC(C)(C)CC3)sc2n1. The van der Waals surface area contributed by atoms with E-state index in [9.17, 15) is 4.79 Å². The predicted octanol–water partition coefficient (Wildman–Crippen LogP) is 5.91. The first kappa shape index (κ1) is 25.3. The topological polar surface area (TPSA) is 71.5 Å². The lowest BCUT2D eigenvalue weighted by molar-refractivity contribution is -0.0180. The van der Waals surface area contributed by atoms with Gasteiger partial charge in [0.05, 0.1) is 10.7 Å². The number of hydrogen-bond donors (Lipinski definition) is 0. The van der Waals surface area contributed by atoms with Gasteiger partial charge in [0.15, 0.2) is 0 Å². The van der Waals surface area contributed by atoms with Crippen molar-refractivity contribution in [3.63, 3.8) is 0 Å². The van der Waals surface area contributed by atoms with Crippen LogP contribution in [0.25, 0.3) is 10.3 Å². The molecule has 0 N–H and O–H groups in total. The highest BCUT2D eigenvalue weighted by Gasteiger charge is 2.38. The third-order valence-corrected chi connectivity index (χ3v) is 8.33. The molecule has 7 nitrogen and oxygen atoms in total. The van der Waals surface area contributed by atoms with E-state index in [-0.39, 0.29) is 11.6 Å². The lowest BCUT2D eigenvalue weighted by Crippen LogP contribution is -2.60. The molecule has 1 saturated carbocycles. The number of carbonyl (C=O) groups excluding carboxylic acids is 1. The minimum Gasteiger partial charge on any atom is -0.444 e. The molecule has 8 heteroatoms. The van der Waals surface area contributed by atoms with Crippen molar-refractivity contribution in [2.45, 2.75) is 105 Å². The lowest BCUT2D eigenvalue weighted by Gasteiger charge is -2.47. The Morgan fingerprint density at radius 3 is 2.38 bits per heavy atom. The maximum atomic E-state index is 12.6. The number of amides is 1. The number of thiazole rings is 1. The van der Waals surface area contributed by atoms with Crippen molar-refractivity contribution >= 4 is 27.8 Å². The largest absolute Gasteiger partial charge is 0.444 e. The maximum absolute atomic E-state index is 12.6. The number of ether oxygens (including phenoxy) is 1. The Labute approximate surface area is 208 Å². The second-order valence-corrected chi connectivity index (χ2v) is 13.5. The first-order chi connectivity index (χ1) is 15.7. The highest BCUT2D eigenvalue weighted by Crippen LogP contribution is 2.44. The summed E-state index contributed by atoms with van der Waals surface area (Å²) in [6.45, 7) is 19.6. The van der Waals surface area contributed by atoms with Gasteiger partial charge in [-0.2, -0.15) is 0 Å². The minimum atomic E-state index is -0.487. The van der Waals surface area contributed by atoms with E-state index in [1.54, 1.807) is 11.3 Å². The molecule has 2 aromatic rings. The van der Waals surface area contributed by atoms with Crippen molar-refractivity contribution in [2.24, 2.45) is 5.41 Å². The molecular formula is C26H41N5O2S. The molecule has 4 rings (SSSR count). The van der Waals surface area contributed by atoms with Crippen molar-refractivity contribution < 1.29 is 9.53 Å². The second kappa shape index (κ2) is 9.01. The molecule has 0 radical (unpaired) electrons. The number of carbonyl (C=O) groups is 1. The molecule has 3 heterocycles. The standard InChI is InChI=1S/C26H41N5O2S/c1-17-27-19(15-31-14-13-30(16-26(31,7)8)23(32)33-24(2,3)4)20-22(28-17)34-21(29-20)18-9-11-25(5,6)12-10-18/h18H,9-16H2,1-8H3. The molecule has 1 aliphatic heterocycles. The number of rotatable bonds is 3. The van der Waals surface area contributed by atoms with Crippen molar-refractivity contribution in [3.8, 4) is 0 Å². The van der Waals surface area contributed by atoms with Crippen molar-refractivity contribution in [2.75, 3.05) is 19.6 Å². The van der Waals surface area contributed by atoms with Gasteiger partial charge in [0.25, 0.3) is 0 Å². The number of hydrogen-bond acceptors (Lipinski definition) is 7. The molecule has 2 fully saturated rings. The summed E-state index contributed by atoms with van der Waals surface area (Å²) in [7, 11) is 0. The molecule has 0 atom stereocenters. The summed E-state index contributed by atoms with van der Waals surface area (Å²) < 4.78 is 5.61. The Hall–Kier alpha value is -1.80. The molecule has 2 aromatic heterocycles. The highest BCUT2D eigenvalue weighted by atomic mass is 32.1. The molecule has 0 bridgehead atoms. The van der Waals surface area contributed by atoms with E-state index in [1.165, 1.54) is 30.7 Å². The summed E-state index contributed by atoms with van der Waals surface area (Å²) in [4.78, 5) is 32.6. The molecule has 1 aliphatic carbocycles. The van der Waals surface area contributed by atoms with Crippen LogP contribution in [0.3, 0.4) is 0 Å². The van der Waals surface area contributed by atoms with E-state index in [0.717, 1.165) is 28.4 Å². The van der Waals surface area contributed by atoms with E-state index in [4.69, 9.17) is 19.7 Å². The molecule has 34 heavy (non-hydrogen) atoms. The quantitative estimate of drug-likeness (QED) is 0.536. The van der Waals surface area contributed by atoms with Gasteiger partial charge >= 0.3 is 6.09 Å². The zero-order valence-electron chi connectivity index (χ0n) is 22.2. The van der Waals surface area contributed by atoms with Crippen LogP contribution >= 0.6 is 11.3 Å². The van der Waals surface area contributed by atoms with Crippen molar-refractivity contribution in [1.82, 2.24) is 24.8 Å². The van der Waals surface area contributed by atoms with Crippen LogP contribution < -0.4 is 0 Å². The van der Waals surface area contributed by atoms with Gasteiger partial charge in [0.1, 0.15) is 21.8 Å². The van der Waals surface area contributed by atoms with Gasteiger partial charge in [0.2, 0.25) is 0 Å². The van der Waals surface area contributed by atoms with Crippen LogP contribution in [0.15, 0.2) is 0 Å². The zero-order chi connectivity index (χ0) is 24.9. The van der Waals surface area contributed by atoms with Gasteiger partial charge in [0, 0.05) is 37.6 Å². The first-order valence-corrected chi connectivity index (χ1v) is 13.4. The summed E-state index contributed by atoms with van der Waals surface area (Å²) in [6, 6.07) is 0. The van der Waals surface area contributed by atoms with Crippen LogP contribution in [0.1, 0.15) is 96.6 Å². The zero-order valence-corrected chi connectivity index (χ0v) is 23.0. The molecule has 0 aromatic carbocycles. The maximum Gasteiger partial charge on any atom is 0.410 e. The van der Waals surface area contributed by atoms with Crippen molar-refractivity contribution in [1.29, 1.82) is 0 Å². The number of aryl methyl sites for hydroxylation is 1. The van der Waals surface area contributed by atoms with E-state index < -0.39 is 5.60 Å². The molecule has 188 valence electrons. The Morgan fingerprint density at radius 1 is 1.09 bits per heavy atom. The second-order valence-electron chi connectivity index (χ2n) is 12.5. The number of nitrogens with zero attached hydrogens (tertiary/aromatic N) is 5. The predicted molar refractivity (Wildman–Crippen MR) is 137 cm³/mol. The fourth-order valence-electron chi connectivity index (χ4n) is 5.09. The van der Waals surface area contributed by atoms with Gasteiger partial charge in [-0.25, -0.2) is 19.7 Å². The summed E-state index contributed by atoms with van der Waals surface area (Å²) in [5.74, 6) is 1.34.